The zero-order chi connectivity index (χ0) is 13.3. The van der Waals surface area contributed by atoms with Crippen molar-refractivity contribution in [3.63, 3.8) is 0 Å². The van der Waals surface area contributed by atoms with E-state index >= 15 is 0 Å². The molecule has 0 aliphatic carbocycles. The van der Waals surface area contributed by atoms with Crippen LogP contribution in [-0.2, 0) is 14.9 Å². The summed E-state index contributed by atoms with van der Waals surface area (Å²) in [5, 5.41) is 0. The average molecular weight is 250 g/mol. The Bertz CT molecular complexity index is 414. The molecule has 0 spiro atoms. The molecule has 1 fully saturated rings. The first-order chi connectivity index (χ1) is 8.41. The number of hydrogen-bond donors (Lipinski definition) is 0. The molecule has 1 heterocycles. The van der Waals surface area contributed by atoms with E-state index in [1.54, 1.807) is 0 Å². The van der Waals surface area contributed by atoms with Gasteiger partial charge < -0.3 is 14.2 Å². The Morgan fingerprint density at radius 2 is 1.89 bits per heavy atom. The van der Waals surface area contributed by atoms with Gasteiger partial charge in [0.15, 0.2) is 12.6 Å². The Hall–Kier alpha value is -1.06. The van der Waals surface area contributed by atoms with Crippen LogP contribution in [0, 0.1) is 0 Å². The van der Waals surface area contributed by atoms with E-state index < -0.39 is 0 Å². The van der Waals surface area contributed by atoms with Crippen molar-refractivity contribution in [2.24, 2.45) is 0 Å². The fourth-order valence-corrected chi connectivity index (χ4v) is 1.99. The van der Waals surface area contributed by atoms with Crippen LogP contribution in [0.15, 0.2) is 18.2 Å². The largest absolute Gasteiger partial charge is 0.493 e. The van der Waals surface area contributed by atoms with Crippen molar-refractivity contribution >= 4 is 0 Å². The average Bonchev–Trinajstić information content (AvgIpc) is 2.24. The molecular formula is C15H22O3. The molecule has 0 atom stereocenters. The topological polar surface area (TPSA) is 27.7 Å². The van der Waals surface area contributed by atoms with Gasteiger partial charge in [0, 0.05) is 0 Å². The first-order valence-electron chi connectivity index (χ1n) is 6.50. The molecule has 1 aliphatic heterocycles. The van der Waals surface area contributed by atoms with Gasteiger partial charge in [-0.1, -0.05) is 26.8 Å². The maximum absolute atomic E-state index is 5.64. The molecule has 3 nitrogen and oxygen atoms in total. The van der Waals surface area contributed by atoms with Gasteiger partial charge in [-0.2, -0.15) is 0 Å². The Morgan fingerprint density at radius 1 is 1.22 bits per heavy atom. The Labute approximate surface area is 109 Å². The van der Waals surface area contributed by atoms with Gasteiger partial charge in [-0.05, 0) is 37.0 Å². The van der Waals surface area contributed by atoms with Crippen molar-refractivity contribution in [2.75, 3.05) is 6.61 Å². The summed E-state index contributed by atoms with van der Waals surface area (Å²) in [7, 11) is 0. The fourth-order valence-electron chi connectivity index (χ4n) is 1.99. The summed E-state index contributed by atoms with van der Waals surface area (Å²) in [5.74, 6) is 0.849. The smallest absolute Gasteiger partial charge is 0.193 e. The molecule has 0 saturated carbocycles. The molecular weight excluding hydrogens is 228 g/mol. The van der Waals surface area contributed by atoms with Gasteiger partial charge in [-0.15, -0.1) is 0 Å². The lowest BCUT2D eigenvalue weighted by Crippen LogP contribution is -2.32. The van der Waals surface area contributed by atoms with Gasteiger partial charge in [0.25, 0.3) is 0 Å². The van der Waals surface area contributed by atoms with Crippen molar-refractivity contribution in [1.29, 1.82) is 0 Å². The van der Waals surface area contributed by atoms with Gasteiger partial charge in [0.05, 0.1) is 12.2 Å². The summed E-state index contributed by atoms with van der Waals surface area (Å²) in [6.07, 6.45) is -0.411. The van der Waals surface area contributed by atoms with Crippen molar-refractivity contribution < 1.29 is 14.2 Å². The molecule has 0 N–H and O–H groups in total. The summed E-state index contributed by atoms with van der Waals surface area (Å²) in [5.41, 5.74) is 2.35. The summed E-state index contributed by atoms with van der Waals surface area (Å²) < 4.78 is 16.8. The van der Waals surface area contributed by atoms with E-state index in [0.29, 0.717) is 6.61 Å². The van der Waals surface area contributed by atoms with Crippen molar-refractivity contribution in [3.05, 3.63) is 29.3 Å². The number of hydrogen-bond acceptors (Lipinski definition) is 3. The number of ether oxygens (including phenoxy) is 3. The molecule has 0 bridgehead atoms. The van der Waals surface area contributed by atoms with Crippen LogP contribution in [0.3, 0.4) is 0 Å². The summed E-state index contributed by atoms with van der Waals surface area (Å²) in [4.78, 5) is 0. The van der Waals surface area contributed by atoms with Gasteiger partial charge in [0.2, 0.25) is 0 Å². The van der Waals surface area contributed by atoms with E-state index in [9.17, 15) is 0 Å². The summed E-state index contributed by atoms with van der Waals surface area (Å²) >= 11 is 0. The van der Waals surface area contributed by atoms with E-state index in [0.717, 1.165) is 11.3 Å². The molecule has 1 saturated heterocycles. The van der Waals surface area contributed by atoms with Crippen LogP contribution < -0.4 is 4.74 Å². The lowest BCUT2D eigenvalue weighted by Gasteiger charge is -2.35. The third kappa shape index (κ3) is 2.68. The highest BCUT2D eigenvalue weighted by Crippen LogP contribution is 2.39. The predicted octanol–water partition coefficient (Wildman–Crippen LogP) is 3.77. The molecule has 1 aromatic rings. The van der Waals surface area contributed by atoms with Gasteiger partial charge in [-0.25, -0.2) is 0 Å². The minimum Gasteiger partial charge on any atom is -0.493 e. The van der Waals surface area contributed by atoms with Crippen LogP contribution in [0.5, 0.6) is 5.75 Å². The van der Waals surface area contributed by atoms with Crippen molar-refractivity contribution in [1.82, 2.24) is 0 Å². The van der Waals surface area contributed by atoms with Gasteiger partial charge in [0.1, 0.15) is 5.75 Å². The second kappa shape index (κ2) is 4.90. The zero-order valence-corrected chi connectivity index (χ0v) is 11.8. The van der Waals surface area contributed by atoms with E-state index in [-0.39, 0.29) is 18.0 Å². The second-order valence-electron chi connectivity index (χ2n) is 5.61. The predicted molar refractivity (Wildman–Crippen MR) is 70.7 cm³/mol. The van der Waals surface area contributed by atoms with Gasteiger partial charge >= 0.3 is 0 Å². The standard InChI is InChI=1S/C15H22O3/c1-6-16-13-8-7-11(15(3,4)5)9-12(13)14-17-10(2)18-14/h7-10,14H,6H2,1-5H3. The Kier molecular flexibility index (Phi) is 3.64. The maximum atomic E-state index is 5.64. The zero-order valence-electron chi connectivity index (χ0n) is 11.8. The fraction of sp³-hybridized carbons (Fsp3) is 0.600. The minimum absolute atomic E-state index is 0.106. The molecule has 18 heavy (non-hydrogen) atoms. The molecule has 0 unspecified atom stereocenters. The van der Waals surface area contributed by atoms with Crippen molar-refractivity contribution in [2.45, 2.75) is 52.6 Å². The highest BCUT2D eigenvalue weighted by Gasteiger charge is 2.32. The van der Waals surface area contributed by atoms with E-state index in [1.165, 1.54) is 5.56 Å². The molecule has 0 aromatic heterocycles. The van der Waals surface area contributed by atoms with E-state index in [2.05, 4.69) is 32.9 Å². The first-order valence-corrected chi connectivity index (χ1v) is 6.50. The molecule has 100 valence electrons. The van der Waals surface area contributed by atoms with Crippen molar-refractivity contribution in [3.8, 4) is 5.75 Å². The summed E-state index contributed by atoms with van der Waals surface area (Å²) in [6, 6.07) is 6.24. The second-order valence-corrected chi connectivity index (χ2v) is 5.61. The summed E-state index contributed by atoms with van der Waals surface area (Å²) in [6.45, 7) is 11.1. The molecule has 0 radical (unpaired) electrons. The molecule has 0 amide bonds. The van der Waals surface area contributed by atoms with Crippen LogP contribution in [0.1, 0.15) is 52.0 Å². The van der Waals surface area contributed by atoms with E-state index in [1.807, 2.05) is 19.9 Å². The Balaban J connectivity index is 2.32. The SMILES string of the molecule is CCOc1ccc(C(C)(C)C)cc1C1OC(C)O1. The van der Waals surface area contributed by atoms with Crippen LogP contribution in [0.4, 0.5) is 0 Å². The maximum Gasteiger partial charge on any atom is 0.193 e. The van der Waals surface area contributed by atoms with Gasteiger partial charge in [-0.3, -0.25) is 0 Å². The minimum atomic E-state index is -0.288. The van der Waals surface area contributed by atoms with E-state index in [4.69, 9.17) is 14.2 Å². The third-order valence-electron chi connectivity index (χ3n) is 3.06. The quantitative estimate of drug-likeness (QED) is 0.817. The van der Waals surface area contributed by atoms with Crippen LogP contribution >= 0.6 is 0 Å². The molecule has 1 aromatic carbocycles. The van der Waals surface area contributed by atoms with Crippen LogP contribution in [-0.4, -0.2) is 12.9 Å². The third-order valence-corrected chi connectivity index (χ3v) is 3.06. The van der Waals surface area contributed by atoms with Crippen LogP contribution in [0.25, 0.3) is 0 Å². The highest BCUT2D eigenvalue weighted by molar-refractivity contribution is 5.41. The lowest BCUT2D eigenvalue weighted by atomic mass is 9.86. The number of rotatable bonds is 3. The van der Waals surface area contributed by atoms with Crippen LogP contribution in [0.2, 0.25) is 0 Å². The highest BCUT2D eigenvalue weighted by atomic mass is 16.9. The molecule has 2 rings (SSSR count). The lowest BCUT2D eigenvalue weighted by molar-refractivity contribution is -0.382. The first kappa shape index (κ1) is 13.4. The monoisotopic (exact) mass is 250 g/mol. The molecule has 1 aliphatic rings. The number of benzene rings is 1. The molecule has 3 heteroatoms. The Morgan fingerprint density at radius 3 is 2.39 bits per heavy atom. The normalized spacial score (nSPS) is 23.6.